The van der Waals surface area contributed by atoms with E-state index in [1.54, 1.807) is 6.08 Å². The monoisotopic (exact) mass is 114 g/mol. The molecule has 2 nitrogen and oxygen atoms in total. The van der Waals surface area contributed by atoms with Crippen LogP contribution in [0.5, 0.6) is 0 Å². The largest absolute Gasteiger partial charge is 0.405 e. The van der Waals surface area contributed by atoms with Crippen molar-refractivity contribution in [2.24, 2.45) is 5.73 Å². The molecule has 0 atom stereocenters. The van der Waals surface area contributed by atoms with Gasteiger partial charge in [0.15, 0.2) is 0 Å². The molecule has 48 valence electrons. The lowest BCUT2D eigenvalue weighted by atomic mass is 10.7. The summed E-state index contributed by atoms with van der Waals surface area (Å²) in [6.07, 6.45) is 3.28. The highest BCUT2D eigenvalue weighted by Gasteiger charge is 1.32. The minimum absolute atomic E-state index is 0. The van der Waals surface area contributed by atoms with Gasteiger partial charge in [0, 0.05) is 0 Å². The van der Waals surface area contributed by atoms with E-state index in [0.717, 1.165) is 0 Å². The summed E-state index contributed by atoms with van der Waals surface area (Å²) >= 11 is 0. The minimum atomic E-state index is 0. The third kappa shape index (κ3) is 467. The van der Waals surface area contributed by atoms with Gasteiger partial charge in [0.05, 0.1) is 0 Å². The average Bonchev–Trinajstić information content (AvgIpc) is 1.37. The fraction of sp³-hybridized carbons (Fsp3) is 0.333. The molecule has 0 aromatic carbocycles. The van der Waals surface area contributed by atoms with E-state index >= 15 is 0 Å². The predicted molar refractivity (Wildman–Crippen MR) is 29.0 cm³/mol. The zero-order valence-electron chi connectivity index (χ0n) is 4.26. The van der Waals surface area contributed by atoms with E-state index in [1.165, 1.54) is 6.20 Å². The molecule has 0 aliphatic heterocycles. The molecule has 0 saturated carbocycles. The third-order valence-corrected chi connectivity index (χ3v) is 0.192. The Kier molecular flexibility index (Phi) is 258. The van der Waals surface area contributed by atoms with Gasteiger partial charge in [-0.05, 0) is 13.1 Å². The van der Waals surface area contributed by atoms with Gasteiger partial charge >= 0.3 is 0 Å². The maximum atomic E-state index is 4.85. The first-order chi connectivity index (χ1) is 1.91. The molecule has 0 rings (SSSR count). The van der Waals surface area contributed by atoms with Gasteiger partial charge in [-0.3, -0.25) is 9.41 Å². The molecule has 0 fully saturated rings. The third-order valence-electron chi connectivity index (χ3n) is 0.192. The zero-order valence-corrected chi connectivity index (χ0v) is 4.26. The molecule has 0 spiro atoms. The molecular formula is C3H12F2N2. The van der Waals surface area contributed by atoms with Crippen molar-refractivity contribution in [1.82, 2.24) is 6.15 Å². The first kappa shape index (κ1) is 32.8. The minimum Gasteiger partial charge on any atom is -0.405 e. The van der Waals surface area contributed by atoms with Gasteiger partial charge in [-0.1, -0.05) is 6.08 Å². The summed E-state index contributed by atoms with van der Waals surface area (Å²) in [5, 5.41) is 0. The molecule has 7 heavy (non-hydrogen) atoms. The Balaban J connectivity index is -0.0000000150. The summed E-state index contributed by atoms with van der Waals surface area (Å²) in [6.45, 7) is 1.88. The Morgan fingerprint density at radius 1 is 1.29 bits per heavy atom. The molecule has 0 saturated heterocycles. The van der Waals surface area contributed by atoms with E-state index in [0.29, 0.717) is 0 Å². The van der Waals surface area contributed by atoms with Gasteiger partial charge in [-0.2, -0.15) is 0 Å². The number of hydrogen-bond acceptors (Lipinski definition) is 2. The smallest absolute Gasteiger partial charge is 0.0106 e. The van der Waals surface area contributed by atoms with Crippen LogP contribution < -0.4 is 11.9 Å². The van der Waals surface area contributed by atoms with Crippen molar-refractivity contribution in [3.8, 4) is 0 Å². The highest BCUT2D eigenvalue weighted by Crippen LogP contribution is 1.47. The van der Waals surface area contributed by atoms with Crippen LogP contribution in [-0.4, -0.2) is 0 Å². The van der Waals surface area contributed by atoms with E-state index in [4.69, 9.17) is 5.73 Å². The Bertz CT molecular complexity index is 26.1. The molecule has 0 radical (unpaired) electrons. The first-order valence-corrected chi connectivity index (χ1v) is 1.24. The van der Waals surface area contributed by atoms with E-state index in [9.17, 15) is 0 Å². The number of rotatable bonds is 0. The van der Waals surface area contributed by atoms with Crippen molar-refractivity contribution in [3.63, 3.8) is 0 Å². The van der Waals surface area contributed by atoms with Gasteiger partial charge in [0.1, 0.15) is 0 Å². The van der Waals surface area contributed by atoms with Crippen molar-refractivity contribution in [2.45, 2.75) is 6.92 Å². The van der Waals surface area contributed by atoms with E-state index in [-0.39, 0.29) is 15.6 Å². The van der Waals surface area contributed by atoms with Crippen LogP contribution in [0.1, 0.15) is 6.92 Å². The van der Waals surface area contributed by atoms with Crippen molar-refractivity contribution in [2.75, 3.05) is 0 Å². The van der Waals surface area contributed by atoms with Crippen LogP contribution in [0.2, 0.25) is 0 Å². The molecule has 0 unspecified atom stereocenters. The van der Waals surface area contributed by atoms with Crippen LogP contribution >= 0.6 is 0 Å². The summed E-state index contributed by atoms with van der Waals surface area (Å²) < 4.78 is 0. The second-order valence-corrected chi connectivity index (χ2v) is 0.526. The SMILES string of the molecule is C/C=C/N.F.F.N. The average molecular weight is 114 g/mol. The number of halogens is 2. The van der Waals surface area contributed by atoms with Gasteiger partial charge in [0.25, 0.3) is 0 Å². The Morgan fingerprint density at radius 2 is 1.43 bits per heavy atom. The topological polar surface area (TPSA) is 61.0 Å². The van der Waals surface area contributed by atoms with Crippen LogP contribution in [-0.2, 0) is 0 Å². The van der Waals surface area contributed by atoms with Crippen molar-refractivity contribution < 1.29 is 9.41 Å². The predicted octanol–water partition coefficient (Wildman–Crippen LogP) is 0.946. The van der Waals surface area contributed by atoms with Gasteiger partial charge in [0.2, 0.25) is 0 Å². The highest BCUT2D eigenvalue weighted by molar-refractivity contribution is 4.66. The number of hydrogen-bond donors (Lipinski definition) is 2. The van der Waals surface area contributed by atoms with E-state index < -0.39 is 0 Å². The summed E-state index contributed by atoms with van der Waals surface area (Å²) in [7, 11) is 0. The van der Waals surface area contributed by atoms with Crippen LogP contribution in [0.3, 0.4) is 0 Å². The van der Waals surface area contributed by atoms with Gasteiger partial charge < -0.3 is 11.9 Å². The first-order valence-electron chi connectivity index (χ1n) is 1.24. The lowest BCUT2D eigenvalue weighted by molar-refractivity contribution is 1.11. The zero-order chi connectivity index (χ0) is 3.41. The fourth-order valence-corrected chi connectivity index (χ4v) is 0. The molecule has 0 aromatic heterocycles. The summed E-state index contributed by atoms with van der Waals surface area (Å²) in [6, 6.07) is 0. The Labute approximate surface area is 41.7 Å². The van der Waals surface area contributed by atoms with Crippen LogP contribution in [0, 0.1) is 0 Å². The molecule has 0 aliphatic rings. The Hall–Kier alpha value is -0.640. The van der Waals surface area contributed by atoms with Crippen LogP contribution in [0.4, 0.5) is 9.41 Å². The second kappa shape index (κ2) is 55.1. The van der Waals surface area contributed by atoms with Crippen molar-refractivity contribution in [1.29, 1.82) is 0 Å². The molecule has 0 amide bonds. The summed E-state index contributed by atoms with van der Waals surface area (Å²) in [4.78, 5) is 0. The highest BCUT2D eigenvalue weighted by atomic mass is 19.0. The molecule has 0 heterocycles. The van der Waals surface area contributed by atoms with Crippen molar-refractivity contribution in [3.05, 3.63) is 12.3 Å². The lowest BCUT2D eigenvalue weighted by Gasteiger charge is -1.53. The number of nitrogens with two attached hydrogens (primary N) is 1. The summed E-state index contributed by atoms with van der Waals surface area (Å²) in [5.74, 6) is 0. The number of allylic oxidation sites excluding steroid dienone is 1. The fourth-order valence-electron chi connectivity index (χ4n) is 0. The molecule has 5 N–H and O–H groups in total. The maximum Gasteiger partial charge on any atom is -0.0106 e. The van der Waals surface area contributed by atoms with E-state index in [2.05, 4.69) is 0 Å². The quantitative estimate of drug-likeness (QED) is 0.492. The second-order valence-electron chi connectivity index (χ2n) is 0.526. The molecule has 0 aromatic rings. The summed E-state index contributed by atoms with van der Waals surface area (Å²) in [5.41, 5.74) is 4.85. The molecule has 0 bridgehead atoms. The van der Waals surface area contributed by atoms with Crippen LogP contribution in [0.25, 0.3) is 0 Å². The standard InChI is InChI=1S/C3H7N.2FH.H3N/c1-2-3-4;;;/h2-3H,4H2,1H3;2*1H;1H3/b3-2+;;;. The van der Waals surface area contributed by atoms with Gasteiger partial charge in [-0.15, -0.1) is 0 Å². The van der Waals surface area contributed by atoms with E-state index in [1.807, 2.05) is 6.92 Å². The molecule has 4 heteroatoms. The Morgan fingerprint density at radius 3 is 1.43 bits per heavy atom. The van der Waals surface area contributed by atoms with Crippen molar-refractivity contribution >= 4 is 0 Å². The maximum absolute atomic E-state index is 4.85. The van der Waals surface area contributed by atoms with Crippen LogP contribution in [0.15, 0.2) is 12.3 Å². The normalized spacial score (nSPS) is 5.29. The molecule has 0 aliphatic carbocycles. The van der Waals surface area contributed by atoms with Gasteiger partial charge in [-0.25, -0.2) is 0 Å². The lowest BCUT2D eigenvalue weighted by Crippen LogP contribution is -1.70. The molecular weight excluding hydrogens is 102 g/mol.